The first kappa shape index (κ1) is 14.9. The SMILES string of the molecule is C[C@H](NC1CC(c2ccc(Cl)cc2)C1)c1ccccc1Cl. The van der Waals surface area contributed by atoms with Crippen molar-refractivity contribution in [1.82, 2.24) is 5.32 Å². The third-order valence-electron chi connectivity index (χ3n) is 4.34. The van der Waals surface area contributed by atoms with E-state index in [0.29, 0.717) is 12.0 Å². The molecule has 1 saturated carbocycles. The zero-order chi connectivity index (χ0) is 14.8. The average Bonchev–Trinajstić information content (AvgIpc) is 2.44. The summed E-state index contributed by atoms with van der Waals surface area (Å²) in [7, 11) is 0. The van der Waals surface area contributed by atoms with Gasteiger partial charge >= 0.3 is 0 Å². The highest BCUT2D eigenvalue weighted by molar-refractivity contribution is 6.31. The predicted molar refractivity (Wildman–Crippen MR) is 90.2 cm³/mol. The molecule has 1 N–H and O–H groups in total. The van der Waals surface area contributed by atoms with Crippen LogP contribution in [0.25, 0.3) is 0 Å². The highest BCUT2D eigenvalue weighted by Crippen LogP contribution is 2.38. The van der Waals surface area contributed by atoms with Gasteiger partial charge in [-0.25, -0.2) is 0 Å². The molecule has 1 aliphatic rings. The van der Waals surface area contributed by atoms with Crippen molar-refractivity contribution in [1.29, 1.82) is 0 Å². The van der Waals surface area contributed by atoms with Gasteiger partial charge in [0.05, 0.1) is 0 Å². The number of halogens is 2. The lowest BCUT2D eigenvalue weighted by molar-refractivity contribution is 0.271. The van der Waals surface area contributed by atoms with Crippen molar-refractivity contribution < 1.29 is 0 Å². The second kappa shape index (κ2) is 6.39. The van der Waals surface area contributed by atoms with Crippen molar-refractivity contribution >= 4 is 23.2 Å². The minimum absolute atomic E-state index is 0.287. The monoisotopic (exact) mass is 319 g/mol. The van der Waals surface area contributed by atoms with Crippen LogP contribution >= 0.6 is 23.2 Å². The Labute approximate surface area is 136 Å². The molecule has 0 spiro atoms. The minimum Gasteiger partial charge on any atom is -0.307 e. The Morgan fingerprint density at radius 3 is 2.33 bits per heavy atom. The first-order chi connectivity index (χ1) is 10.1. The maximum Gasteiger partial charge on any atom is 0.0453 e. The summed E-state index contributed by atoms with van der Waals surface area (Å²) in [5, 5.41) is 5.32. The normalized spacial score (nSPS) is 22.6. The van der Waals surface area contributed by atoms with Gasteiger partial charge in [0, 0.05) is 22.1 Å². The highest BCUT2D eigenvalue weighted by Gasteiger charge is 2.31. The summed E-state index contributed by atoms with van der Waals surface area (Å²) in [5.41, 5.74) is 2.57. The van der Waals surface area contributed by atoms with Gasteiger partial charge in [0.25, 0.3) is 0 Å². The first-order valence-corrected chi connectivity index (χ1v) is 8.15. The predicted octanol–water partition coefficient (Wildman–Crippen LogP) is 5.59. The molecule has 3 rings (SSSR count). The van der Waals surface area contributed by atoms with Gasteiger partial charge < -0.3 is 5.32 Å². The molecule has 0 radical (unpaired) electrons. The van der Waals surface area contributed by atoms with Crippen LogP contribution in [0.1, 0.15) is 42.9 Å². The molecule has 1 fully saturated rings. The molecular weight excluding hydrogens is 301 g/mol. The third kappa shape index (κ3) is 3.42. The molecule has 1 nitrogen and oxygen atoms in total. The van der Waals surface area contributed by atoms with Gasteiger partial charge in [-0.2, -0.15) is 0 Å². The number of hydrogen-bond acceptors (Lipinski definition) is 1. The van der Waals surface area contributed by atoms with Crippen molar-refractivity contribution in [2.75, 3.05) is 0 Å². The molecule has 1 aliphatic carbocycles. The van der Waals surface area contributed by atoms with Gasteiger partial charge in [-0.15, -0.1) is 0 Å². The summed E-state index contributed by atoms with van der Waals surface area (Å²) in [6, 6.07) is 17.1. The molecule has 0 heterocycles. The molecule has 0 saturated heterocycles. The number of rotatable bonds is 4. The molecular formula is C18H19Cl2N. The van der Waals surface area contributed by atoms with E-state index in [1.165, 1.54) is 24.0 Å². The van der Waals surface area contributed by atoms with E-state index < -0.39 is 0 Å². The third-order valence-corrected chi connectivity index (χ3v) is 4.93. The zero-order valence-corrected chi connectivity index (χ0v) is 13.5. The summed E-state index contributed by atoms with van der Waals surface area (Å²) in [5.74, 6) is 0.651. The minimum atomic E-state index is 0.287. The van der Waals surface area contributed by atoms with Gasteiger partial charge in [0.15, 0.2) is 0 Å². The van der Waals surface area contributed by atoms with Crippen LogP contribution in [-0.4, -0.2) is 6.04 Å². The van der Waals surface area contributed by atoms with Crippen LogP contribution in [0.4, 0.5) is 0 Å². The van der Waals surface area contributed by atoms with Gasteiger partial charge in [-0.05, 0) is 55.0 Å². The summed E-state index contributed by atoms with van der Waals surface area (Å²) in [4.78, 5) is 0. The zero-order valence-electron chi connectivity index (χ0n) is 12.0. The molecule has 1 atom stereocenters. The van der Waals surface area contributed by atoms with E-state index >= 15 is 0 Å². The highest BCUT2D eigenvalue weighted by atomic mass is 35.5. The molecule has 0 aromatic heterocycles. The summed E-state index contributed by atoms with van der Waals surface area (Å²) < 4.78 is 0. The van der Waals surface area contributed by atoms with Crippen LogP contribution in [0.15, 0.2) is 48.5 Å². The molecule has 2 aromatic carbocycles. The van der Waals surface area contributed by atoms with Gasteiger partial charge in [0.2, 0.25) is 0 Å². The van der Waals surface area contributed by atoms with E-state index in [2.05, 4.69) is 30.4 Å². The molecule has 110 valence electrons. The Hall–Kier alpha value is -1.02. The Kier molecular flexibility index (Phi) is 4.54. The Morgan fingerprint density at radius 1 is 1.00 bits per heavy atom. The largest absolute Gasteiger partial charge is 0.307 e. The molecule has 0 bridgehead atoms. The van der Waals surface area contributed by atoms with Crippen molar-refractivity contribution in [3.8, 4) is 0 Å². The Balaban J connectivity index is 1.55. The Morgan fingerprint density at radius 2 is 1.67 bits per heavy atom. The average molecular weight is 320 g/mol. The molecule has 0 unspecified atom stereocenters. The number of hydrogen-bond donors (Lipinski definition) is 1. The lowest BCUT2D eigenvalue weighted by Gasteiger charge is -2.38. The fourth-order valence-electron chi connectivity index (χ4n) is 3.03. The number of nitrogens with one attached hydrogen (secondary N) is 1. The quantitative estimate of drug-likeness (QED) is 0.774. The standard InChI is InChI=1S/C18H19Cl2N/c1-12(17-4-2-3-5-18(17)20)21-16-10-14(11-16)13-6-8-15(19)9-7-13/h2-9,12,14,16,21H,10-11H2,1H3/t12-,14?,16?/m0/s1. The van der Waals surface area contributed by atoms with E-state index in [1.54, 1.807) is 0 Å². The smallest absolute Gasteiger partial charge is 0.0453 e. The molecule has 21 heavy (non-hydrogen) atoms. The van der Waals surface area contributed by atoms with E-state index in [1.807, 2.05) is 30.3 Å². The van der Waals surface area contributed by atoms with Crippen LogP contribution < -0.4 is 5.32 Å². The van der Waals surface area contributed by atoms with E-state index in [0.717, 1.165) is 10.0 Å². The summed E-state index contributed by atoms with van der Waals surface area (Å²) >= 11 is 12.2. The first-order valence-electron chi connectivity index (χ1n) is 7.39. The van der Waals surface area contributed by atoms with Crippen LogP contribution in [0.3, 0.4) is 0 Å². The molecule has 3 heteroatoms. The van der Waals surface area contributed by atoms with Gasteiger partial charge in [-0.3, -0.25) is 0 Å². The summed E-state index contributed by atoms with van der Waals surface area (Å²) in [6.45, 7) is 2.18. The lowest BCUT2D eigenvalue weighted by atomic mass is 9.75. The van der Waals surface area contributed by atoms with Crippen LogP contribution in [0.5, 0.6) is 0 Å². The maximum absolute atomic E-state index is 6.25. The van der Waals surface area contributed by atoms with Crippen LogP contribution in [0, 0.1) is 0 Å². The van der Waals surface area contributed by atoms with Crippen molar-refractivity contribution in [2.24, 2.45) is 0 Å². The lowest BCUT2D eigenvalue weighted by Crippen LogP contribution is -2.41. The van der Waals surface area contributed by atoms with Gasteiger partial charge in [0.1, 0.15) is 0 Å². The van der Waals surface area contributed by atoms with E-state index in [9.17, 15) is 0 Å². The molecule has 0 aliphatic heterocycles. The topological polar surface area (TPSA) is 12.0 Å². The fourth-order valence-corrected chi connectivity index (χ4v) is 3.46. The molecule has 2 aromatic rings. The van der Waals surface area contributed by atoms with Crippen LogP contribution in [0.2, 0.25) is 10.0 Å². The van der Waals surface area contributed by atoms with Crippen molar-refractivity contribution in [3.05, 3.63) is 69.7 Å². The number of benzene rings is 2. The van der Waals surface area contributed by atoms with Crippen molar-refractivity contribution in [2.45, 2.75) is 37.8 Å². The fraction of sp³-hybridized carbons (Fsp3) is 0.333. The van der Waals surface area contributed by atoms with E-state index in [4.69, 9.17) is 23.2 Å². The van der Waals surface area contributed by atoms with Crippen molar-refractivity contribution in [3.63, 3.8) is 0 Å². The Bertz CT molecular complexity index is 603. The van der Waals surface area contributed by atoms with Gasteiger partial charge in [-0.1, -0.05) is 53.5 Å². The molecule has 0 amide bonds. The van der Waals surface area contributed by atoms with E-state index in [-0.39, 0.29) is 6.04 Å². The maximum atomic E-state index is 6.25. The van der Waals surface area contributed by atoms with Crippen LogP contribution in [-0.2, 0) is 0 Å². The second-order valence-electron chi connectivity index (χ2n) is 5.83. The second-order valence-corrected chi connectivity index (χ2v) is 6.67. The summed E-state index contributed by atoms with van der Waals surface area (Å²) in [6.07, 6.45) is 2.35.